The zero-order valence-electron chi connectivity index (χ0n) is 13.2. The molecule has 0 aliphatic rings. The SMILES string of the molecule is COc1ccc(CC(N)Cc2nc(C(C)(C)C)cs2)cc1. The number of hydrogen-bond donors (Lipinski definition) is 1. The van der Waals surface area contributed by atoms with Gasteiger partial charge in [-0.2, -0.15) is 0 Å². The summed E-state index contributed by atoms with van der Waals surface area (Å²) < 4.78 is 5.16. The monoisotopic (exact) mass is 304 g/mol. The van der Waals surface area contributed by atoms with Gasteiger partial charge in [-0.25, -0.2) is 4.98 Å². The van der Waals surface area contributed by atoms with E-state index < -0.39 is 0 Å². The van der Waals surface area contributed by atoms with Crippen molar-refractivity contribution in [1.29, 1.82) is 0 Å². The van der Waals surface area contributed by atoms with E-state index in [0.29, 0.717) is 0 Å². The molecule has 2 rings (SSSR count). The van der Waals surface area contributed by atoms with Crippen molar-refractivity contribution < 1.29 is 4.74 Å². The number of nitrogens with two attached hydrogens (primary N) is 1. The lowest BCUT2D eigenvalue weighted by Gasteiger charge is -2.14. The molecule has 0 saturated carbocycles. The highest BCUT2D eigenvalue weighted by Gasteiger charge is 2.18. The third-order valence-corrected chi connectivity index (χ3v) is 4.29. The number of benzene rings is 1. The number of ether oxygens (including phenoxy) is 1. The summed E-state index contributed by atoms with van der Waals surface area (Å²) in [5.41, 5.74) is 8.75. The molecular formula is C17H24N2OS. The minimum absolute atomic E-state index is 0.0948. The molecule has 114 valence electrons. The van der Waals surface area contributed by atoms with Crippen LogP contribution in [0.25, 0.3) is 0 Å². The topological polar surface area (TPSA) is 48.1 Å². The Morgan fingerprint density at radius 2 is 1.86 bits per heavy atom. The number of thiazole rings is 1. The van der Waals surface area contributed by atoms with E-state index in [4.69, 9.17) is 15.5 Å². The molecule has 0 saturated heterocycles. The van der Waals surface area contributed by atoms with Crippen molar-refractivity contribution in [3.8, 4) is 5.75 Å². The second-order valence-electron chi connectivity index (χ2n) is 6.39. The molecule has 0 bridgehead atoms. The molecule has 1 unspecified atom stereocenters. The third kappa shape index (κ3) is 4.55. The number of aromatic nitrogens is 1. The summed E-state index contributed by atoms with van der Waals surface area (Å²) in [5.74, 6) is 0.877. The van der Waals surface area contributed by atoms with Crippen molar-refractivity contribution in [1.82, 2.24) is 4.98 Å². The molecule has 3 nitrogen and oxygen atoms in total. The lowest BCUT2D eigenvalue weighted by Crippen LogP contribution is -2.25. The number of nitrogens with zero attached hydrogens (tertiary/aromatic N) is 1. The number of hydrogen-bond acceptors (Lipinski definition) is 4. The van der Waals surface area contributed by atoms with E-state index >= 15 is 0 Å². The fourth-order valence-electron chi connectivity index (χ4n) is 2.11. The van der Waals surface area contributed by atoms with Crippen molar-refractivity contribution in [2.75, 3.05) is 7.11 Å². The van der Waals surface area contributed by atoms with E-state index in [0.717, 1.165) is 29.3 Å². The maximum Gasteiger partial charge on any atom is 0.118 e. The van der Waals surface area contributed by atoms with Crippen molar-refractivity contribution in [3.63, 3.8) is 0 Å². The maximum absolute atomic E-state index is 6.26. The first kappa shape index (κ1) is 16.0. The first-order valence-electron chi connectivity index (χ1n) is 7.22. The predicted octanol–water partition coefficient (Wildman–Crippen LogP) is 3.56. The Bertz CT molecular complexity index is 569. The molecule has 2 N–H and O–H groups in total. The minimum atomic E-state index is 0.0948. The van der Waals surface area contributed by atoms with E-state index in [1.54, 1.807) is 18.4 Å². The van der Waals surface area contributed by atoms with Gasteiger partial charge in [-0.1, -0.05) is 32.9 Å². The van der Waals surface area contributed by atoms with Crippen molar-refractivity contribution >= 4 is 11.3 Å². The fraction of sp³-hybridized carbons (Fsp3) is 0.471. The van der Waals surface area contributed by atoms with Crippen LogP contribution in [-0.2, 0) is 18.3 Å². The van der Waals surface area contributed by atoms with Gasteiger partial charge in [-0.15, -0.1) is 11.3 Å². The highest BCUT2D eigenvalue weighted by Crippen LogP contribution is 2.24. The van der Waals surface area contributed by atoms with E-state index in [9.17, 15) is 0 Å². The predicted molar refractivity (Wildman–Crippen MR) is 89.2 cm³/mol. The van der Waals surface area contributed by atoms with Gasteiger partial charge in [0.2, 0.25) is 0 Å². The van der Waals surface area contributed by atoms with Crippen LogP contribution < -0.4 is 10.5 Å². The quantitative estimate of drug-likeness (QED) is 0.918. The average molecular weight is 304 g/mol. The summed E-state index contributed by atoms with van der Waals surface area (Å²) in [6.45, 7) is 6.55. The molecule has 0 radical (unpaired) electrons. The molecule has 21 heavy (non-hydrogen) atoms. The van der Waals surface area contributed by atoms with Gasteiger partial charge in [-0.3, -0.25) is 0 Å². The molecule has 4 heteroatoms. The second-order valence-corrected chi connectivity index (χ2v) is 7.34. The molecule has 1 atom stereocenters. The van der Waals surface area contributed by atoms with Gasteiger partial charge in [0.15, 0.2) is 0 Å². The van der Waals surface area contributed by atoms with E-state index in [1.165, 1.54) is 5.56 Å². The highest BCUT2D eigenvalue weighted by molar-refractivity contribution is 7.09. The summed E-state index contributed by atoms with van der Waals surface area (Å²) >= 11 is 1.71. The molecule has 1 aromatic carbocycles. The zero-order valence-corrected chi connectivity index (χ0v) is 14.0. The van der Waals surface area contributed by atoms with Crippen LogP contribution in [0.3, 0.4) is 0 Å². The average Bonchev–Trinajstić information content (AvgIpc) is 2.88. The Hall–Kier alpha value is -1.39. The lowest BCUT2D eigenvalue weighted by molar-refractivity contribution is 0.414. The van der Waals surface area contributed by atoms with Gasteiger partial charge >= 0.3 is 0 Å². The normalized spacial score (nSPS) is 13.2. The first-order valence-corrected chi connectivity index (χ1v) is 8.10. The van der Waals surface area contributed by atoms with Crippen LogP contribution >= 0.6 is 11.3 Å². The summed E-state index contributed by atoms with van der Waals surface area (Å²) in [5, 5.41) is 3.27. The highest BCUT2D eigenvalue weighted by atomic mass is 32.1. The molecule has 1 heterocycles. The largest absolute Gasteiger partial charge is 0.497 e. The van der Waals surface area contributed by atoms with Crippen molar-refractivity contribution in [2.45, 2.75) is 45.1 Å². The molecule has 0 spiro atoms. The summed E-state index contributed by atoms with van der Waals surface area (Å²) in [6, 6.07) is 8.19. The van der Waals surface area contributed by atoms with Gasteiger partial charge in [0.05, 0.1) is 17.8 Å². The van der Waals surface area contributed by atoms with Gasteiger partial charge in [-0.05, 0) is 24.1 Å². The van der Waals surface area contributed by atoms with E-state index in [2.05, 4.69) is 38.3 Å². The van der Waals surface area contributed by atoms with Crippen LogP contribution in [-0.4, -0.2) is 18.1 Å². The van der Waals surface area contributed by atoms with Crippen LogP contribution in [0.5, 0.6) is 5.75 Å². The van der Waals surface area contributed by atoms with Gasteiger partial charge in [0.1, 0.15) is 5.75 Å². The number of rotatable bonds is 5. The zero-order chi connectivity index (χ0) is 15.5. The first-order chi connectivity index (χ1) is 9.88. The standard InChI is InChI=1S/C17H24N2OS/c1-17(2,3)15-11-21-16(19-15)10-13(18)9-12-5-7-14(20-4)8-6-12/h5-8,11,13H,9-10,18H2,1-4H3. The Morgan fingerprint density at radius 1 is 1.19 bits per heavy atom. The third-order valence-electron chi connectivity index (χ3n) is 3.41. The van der Waals surface area contributed by atoms with Crippen molar-refractivity contribution in [2.24, 2.45) is 5.73 Å². The van der Waals surface area contributed by atoms with Crippen molar-refractivity contribution in [3.05, 3.63) is 45.9 Å². The Morgan fingerprint density at radius 3 is 2.38 bits per heavy atom. The molecule has 2 aromatic rings. The number of methoxy groups -OCH3 is 1. The maximum atomic E-state index is 6.26. The molecule has 1 aromatic heterocycles. The van der Waals surface area contributed by atoms with Crippen LogP contribution in [0.4, 0.5) is 0 Å². The summed E-state index contributed by atoms with van der Waals surface area (Å²) in [6.07, 6.45) is 1.68. The van der Waals surface area contributed by atoms with Gasteiger partial charge < -0.3 is 10.5 Å². The Kier molecular flexibility index (Phi) is 5.01. The molecule has 0 amide bonds. The van der Waals surface area contributed by atoms with Crippen LogP contribution in [0.15, 0.2) is 29.6 Å². The van der Waals surface area contributed by atoms with Crippen LogP contribution in [0.1, 0.15) is 37.0 Å². The van der Waals surface area contributed by atoms with E-state index in [-0.39, 0.29) is 11.5 Å². The van der Waals surface area contributed by atoms with Gasteiger partial charge in [0.25, 0.3) is 0 Å². The smallest absolute Gasteiger partial charge is 0.118 e. The summed E-state index contributed by atoms with van der Waals surface area (Å²) in [4.78, 5) is 4.71. The Balaban J connectivity index is 1.94. The summed E-state index contributed by atoms with van der Waals surface area (Å²) in [7, 11) is 1.68. The van der Waals surface area contributed by atoms with Crippen LogP contribution in [0, 0.1) is 0 Å². The molecular weight excluding hydrogens is 280 g/mol. The molecule has 0 aliphatic carbocycles. The second kappa shape index (κ2) is 6.58. The fourth-order valence-corrected chi connectivity index (χ4v) is 3.23. The lowest BCUT2D eigenvalue weighted by atomic mass is 9.93. The minimum Gasteiger partial charge on any atom is -0.497 e. The van der Waals surface area contributed by atoms with E-state index in [1.807, 2.05) is 12.1 Å². The van der Waals surface area contributed by atoms with Gasteiger partial charge in [0, 0.05) is 23.3 Å². The van der Waals surface area contributed by atoms with Crippen LogP contribution in [0.2, 0.25) is 0 Å². The molecule has 0 aliphatic heterocycles. The Labute approximate surface area is 131 Å². The molecule has 0 fully saturated rings.